The van der Waals surface area contributed by atoms with Gasteiger partial charge >= 0.3 is 5.97 Å². The lowest BCUT2D eigenvalue weighted by Gasteiger charge is -2.09. The number of carboxylic acid groups (broad SMARTS) is 1. The van der Waals surface area contributed by atoms with Crippen LogP contribution in [0.5, 0.6) is 0 Å². The smallest absolute Gasteiger partial charge is 0.341 e. The van der Waals surface area contributed by atoms with Gasteiger partial charge in [-0.2, -0.15) is 5.10 Å². The molecule has 3 N–H and O–H groups in total. The predicted molar refractivity (Wildman–Crippen MR) is 79.6 cm³/mol. The Labute approximate surface area is 126 Å². The van der Waals surface area contributed by atoms with E-state index in [1.54, 1.807) is 6.07 Å². The normalized spacial score (nSPS) is 10.5. The summed E-state index contributed by atoms with van der Waals surface area (Å²) < 4.78 is 0.774. The first-order valence-electron chi connectivity index (χ1n) is 6.51. The van der Waals surface area contributed by atoms with Gasteiger partial charge < -0.3 is 10.8 Å². The van der Waals surface area contributed by atoms with Crippen molar-refractivity contribution in [1.29, 1.82) is 0 Å². The number of nitrogens with zero attached hydrogens (tertiary/aromatic N) is 2. The van der Waals surface area contributed by atoms with E-state index < -0.39 is 29.5 Å². The predicted octanol–water partition coefficient (Wildman–Crippen LogP) is 0.711. The SMILES string of the molecule is Cc1ccc(-c2cc(C(=O)O)c(=O)n(CC(N)=O)n2)cc1C. The molecule has 114 valence electrons. The van der Waals surface area contributed by atoms with Crippen molar-refractivity contribution in [2.45, 2.75) is 20.4 Å². The molecule has 2 rings (SSSR count). The molecule has 1 amide bonds. The van der Waals surface area contributed by atoms with E-state index in [1.807, 2.05) is 26.0 Å². The van der Waals surface area contributed by atoms with Gasteiger partial charge in [-0.1, -0.05) is 12.1 Å². The molecule has 0 fully saturated rings. The van der Waals surface area contributed by atoms with Gasteiger partial charge in [0.2, 0.25) is 5.91 Å². The van der Waals surface area contributed by atoms with Crippen molar-refractivity contribution in [3.8, 4) is 11.3 Å². The van der Waals surface area contributed by atoms with Gasteiger partial charge in [0.1, 0.15) is 12.1 Å². The van der Waals surface area contributed by atoms with E-state index in [0.717, 1.165) is 15.8 Å². The van der Waals surface area contributed by atoms with Crippen LogP contribution in [0.15, 0.2) is 29.1 Å². The average molecular weight is 301 g/mol. The molecule has 2 aromatic rings. The fourth-order valence-electron chi connectivity index (χ4n) is 1.99. The summed E-state index contributed by atoms with van der Waals surface area (Å²) in [6.45, 7) is 3.39. The number of carboxylic acids is 1. The zero-order valence-corrected chi connectivity index (χ0v) is 12.2. The van der Waals surface area contributed by atoms with Crippen molar-refractivity contribution >= 4 is 11.9 Å². The molecular weight excluding hydrogens is 286 g/mol. The van der Waals surface area contributed by atoms with E-state index in [-0.39, 0.29) is 0 Å². The Hall–Kier alpha value is -2.96. The molecule has 0 spiro atoms. The third kappa shape index (κ3) is 3.03. The van der Waals surface area contributed by atoms with E-state index in [9.17, 15) is 14.4 Å². The molecule has 0 aliphatic carbocycles. The Morgan fingerprint density at radius 3 is 2.45 bits per heavy atom. The van der Waals surface area contributed by atoms with Crippen LogP contribution in [-0.2, 0) is 11.3 Å². The minimum Gasteiger partial charge on any atom is -0.477 e. The highest BCUT2D eigenvalue weighted by molar-refractivity contribution is 5.88. The second-order valence-electron chi connectivity index (χ2n) is 4.98. The van der Waals surface area contributed by atoms with Gasteiger partial charge in [0, 0.05) is 5.56 Å². The highest BCUT2D eigenvalue weighted by Crippen LogP contribution is 2.20. The number of carbonyl (C=O) groups excluding carboxylic acids is 1. The molecule has 0 saturated carbocycles. The lowest BCUT2D eigenvalue weighted by Crippen LogP contribution is -2.33. The van der Waals surface area contributed by atoms with Crippen molar-refractivity contribution in [3.05, 3.63) is 51.3 Å². The van der Waals surface area contributed by atoms with Crippen LogP contribution >= 0.6 is 0 Å². The van der Waals surface area contributed by atoms with Crippen LogP contribution in [-0.4, -0.2) is 26.8 Å². The maximum atomic E-state index is 12.0. The first-order chi connectivity index (χ1) is 10.3. The molecule has 0 radical (unpaired) electrons. The largest absolute Gasteiger partial charge is 0.477 e. The van der Waals surface area contributed by atoms with Gasteiger partial charge in [-0.15, -0.1) is 0 Å². The number of hydrogen-bond acceptors (Lipinski definition) is 4. The Kier molecular flexibility index (Phi) is 4.07. The van der Waals surface area contributed by atoms with Gasteiger partial charge in [0.15, 0.2) is 0 Å². The summed E-state index contributed by atoms with van der Waals surface area (Å²) in [5.74, 6) is -2.15. The summed E-state index contributed by atoms with van der Waals surface area (Å²) in [7, 11) is 0. The highest BCUT2D eigenvalue weighted by Gasteiger charge is 2.16. The van der Waals surface area contributed by atoms with Gasteiger partial charge in [-0.05, 0) is 37.1 Å². The summed E-state index contributed by atoms with van der Waals surface area (Å²) in [5, 5.41) is 13.2. The van der Waals surface area contributed by atoms with Crippen LogP contribution in [0.25, 0.3) is 11.3 Å². The first kappa shape index (κ1) is 15.4. The van der Waals surface area contributed by atoms with Gasteiger partial charge in [-0.25, -0.2) is 9.48 Å². The number of nitrogens with two attached hydrogens (primary N) is 1. The Bertz CT molecular complexity index is 824. The fourth-order valence-corrected chi connectivity index (χ4v) is 1.99. The molecule has 0 bridgehead atoms. The molecule has 0 atom stereocenters. The summed E-state index contributed by atoms with van der Waals surface area (Å²) in [5.41, 5.74) is 6.78. The number of aromatic nitrogens is 2. The quantitative estimate of drug-likeness (QED) is 0.863. The van der Waals surface area contributed by atoms with E-state index in [0.29, 0.717) is 11.3 Å². The van der Waals surface area contributed by atoms with Crippen LogP contribution < -0.4 is 11.3 Å². The number of aromatic carboxylic acids is 1. The van der Waals surface area contributed by atoms with E-state index in [2.05, 4.69) is 5.10 Å². The molecule has 7 nitrogen and oxygen atoms in total. The zero-order valence-electron chi connectivity index (χ0n) is 12.2. The Balaban J connectivity index is 2.67. The van der Waals surface area contributed by atoms with Crippen LogP contribution in [0.4, 0.5) is 0 Å². The fraction of sp³-hybridized carbons (Fsp3) is 0.200. The van der Waals surface area contributed by atoms with Gasteiger partial charge in [-0.3, -0.25) is 9.59 Å². The van der Waals surface area contributed by atoms with Crippen molar-refractivity contribution in [2.24, 2.45) is 5.73 Å². The van der Waals surface area contributed by atoms with Crippen molar-refractivity contribution in [3.63, 3.8) is 0 Å². The van der Waals surface area contributed by atoms with E-state index >= 15 is 0 Å². The molecular formula is C15H15N3O4. The number of primary amides is 1. The van der Waals surface area contributed by atoms with Crippen molar-refractivity contribution < 1.29 is 14.7 Å². The summed E-state index contributed by atoms with van der Waals surface area (Å²) in [6, 6.07) is 6.68. The molecule has 1 aromatic heterocycles. The topological polar surface area (TPSA) is 115 Å². The van der Waals surface area contributed by atoms with Crippen LogP contribution in [0.3, 0.4) is 0 Å². The summed E-state index contributed by atoms with van der Waals surface area (Å²) in [4.78, 5) is 34.2. The average Bonchev–Trinajstić information content (AvgIpc) is 2.43. The number of rotatable bonds is 4. The number of amides is 1. The van der Waals surface area contributed by atoms with Gasteiger partial charge in [0.25, 0.3) is 5.56 Å². The molecule has 7 heteroatoms. The Morgan fingerprint density at radius 2 is 1.91 bits per heavy atom. The summed E-state index contributed by atoms with van der Waals surface area (Å²) >= 11 is 0. The van der Waals surface area contributed by atoms with E-state index in [1.165, 1.54) is 6.07 Å². The molecule has 1 aromatic carbocycles. The third-order valence-electron chi connectivity index (χ3n) is 3.31. The zero-order chi connectivity index (χ0) is 16.4. The molecule has 0 unspecified atom stereocenters. The maximum Gasteiger partial charge on any atom is 0.341 e. The minimum absolute atomic E-state index is 0.293. The lowest BCUT2D eigenvalue weighted by atomic mass is 10.0. The lowest BCUT2D eigenvalue weighted by molar-refractivity contribution is -0.118. The standard InChI is InChI=1S/C15H15N3O4/c1-8-3-4-10(5-9(8)2)12-6-11(15(21)22)14(20)18(17-12)7-13(16)19/h3-6H,7H2,1-2H3,(H2,16,19)(H,21,22). The van der Waals surface area contributed by atoms with Crippen LogP contribution in [0, 0.1) is 13.8 Å². The van der Waals surface area contributed by atoms with Gasteiger partial charge in [0.05, 0.1) is 5.69 Å². The summed E-state index contributed by atoms with van der Waals surface area (Å²) in [6.07, 6.45) is 0. The Morgan fingerprint density at radius 1 is 1.23 bits per heavy atom. The molecule has 0 aliphatic heterocycles. The minimum atomic E-state index is -1.38. The second kappa shape index (κ2) is 5.80. The van der Waals surface area contributed by atoms with Crippen molar-refractivity contribution in [1.82, 2.24) is 9.78 Å². The molecule has 0 saturated heterocycles. The highest BCUT2D eigenvalue weighted by atomic mass is 16.4. The number of benzene rings is 1. The molecule has 0 aliphatic rings. The number of hydrogen-bond donors (Lipinski definition) is 2. The second-order valence-corrected chi connectivity index (χ2v) is 4.98. The van der Waals surface area contributed by atoms with Crippen LogP contribution in [0.1, 0.15) is 21.5 Å². The number of aryl methyl sites for hydroxylation is 2. The van der Waals surface area contributed by atoms with E-state index in [4.69, 9.17) is 10.8 Å². The van der Waals surface area contributed by atoms with Crippen LogP contribution in [0.2, 0.25) is 0 Å². The maximum absolute atomic E-state index is 12.0. The monoisotopic (exact) mass is 301 g/mol. The molecule has 1 heterocycles. The van der Waals surface area contributed by atoms with Crippen molar-refractivity contribution in [2.75, 3.05) is 0 Å². The molecule has 22 heavy (non-hydrogen) atoms. The third-order valence-corrected chi connectivity index (χ3v) is 3.31. The number of carbonyl (C=O) groups is 2. The first-order valence-corrected chi connectivity index (χ1v) is 6.51.